The van der Waals surface area contributed by atoms with Crippen molar-refractivity contribution in [1.29, 1.82) is 0 Å². The Morgan fingerprint density at radius 1 is 1.40 bits per heavy atom. The van der Waals surface area contributed by atoms with Crippen molar-refractivity contribution in [2.45, 2.75) is 64.2 Å². The van der Waals surface area contributed by atoms with Crippen molar-refractivity contribution >= 4 is 40.7 Å². The van der Waals surface area contributed by atoms with Crippen molar-refractivity contribution < 1.29 is 8.73 Å². The van der Waals surface area contributed by atoms with Crippen molar-refractivity contribution in [3.63, 3.8) is 0 Å². The zero-order chi connectivity index (χ0) is 17.4. The third kappa shape index (κ3) is 7.59. The summed E-state index contributed by atoms with van der Waals surface area (Å²) in [7, 11) is -0.709. The van der Waals surface area contributed by atoms with Crippen LogP contribution in [0.3, 0.4) is 0 Å². The minimum atomic E-state index is -0.709. The summed E-state index contributed by atoms with van der Waals surface area (Å²) in [6, 6.07) is 0.336. The van der Waals surface area contributed by atoms with Crippen LogP contribution < -0.4 is 10.6 Å². The highest BCUT2D eigenvalue weighted by molar-refractivity contribution is 14.0. The molecule has 0 amide bonds. The summed E-state index contributed by atoms with van der Waals surface area (Å²) < 4.78 is 17.2. The number of hydrogen-bond donors (Lipinski definition) is 2. The topological polar surface area (TPSA) is 92.4 Å². The van der Waals surface area contributed by atoms with E-state index in [-0.39, 0.29) is 24.0 Å². The predicted octanol–water partition coefficient (Wildman–Crippen LogP) is 2.17. The van der Waals surface area contributed by atoms with Crippen LogP contribution in [0.25, 0.3) is 0 Å². The van der Waals surface area contributed by atoms with E-state index in [1.54, 1.807) is 0 Å². The number of aliphatic imine (C=N–C) groups is 1. The normalized spacial score (nSPS) is 22.1. The molecule has 3 unspecified atom stereocenters. The molecule has 2 N–H and O–H groups in total. The minimum Gasteiger partial charge on any atom is -0.357 e. The van der Waals surface area contributed by atoms with E-state index in [2.05, 4.69) is 25.8 Å². The first-order valence-electron chi connectivity index (χ1n) is 8.83. The molecule has 9 heteroatoms. The van der Waals surface area contributed by atoms with Crippen LogP contribution >= 0.6 is 24.0 Å². The molecule has 1 heterocycles. The van der Waals surface area contributed by atoms with E-state index < -0.39 is 10.8 Å². The summed E-state index contributed by atoms with van der Waals surface area (Å²) >= 11 is 0. The van der Waals surface area contributed by atoms with Gasteiger partial charge in [-0.15, -0.1) is 24.0 Å². The zero-order valence-corrected chi connectivity index (χ0v) is 18.4. The van der Waals surface area contributed by atoms with Crippen LogP contribution in [0.1, 0.15) is 51.2 Å². The Morgan fingerprint density at radius 3 is 2.84 bits per heavy atom. The summed E-state index contributed by atoms with van der Waals surface area (Å²) in [5.74, 6) is 2.82. The molecule has 1 saturated carbocycles. The highest BCUT2D eigenvalue weighted by Gasteiger charge is 2.26. The third-order valence-electron chi connectivity index (χ3n) is 4.13. The van der Waals surface area contributed by atoms with E-state index in [4.69, 9.17) is 4.52 Å². The van der Waals surface area contributed by atoms with Crippen LogP contribution in [0.2, 0.25) is 0 Å². The molecule has 1 aliphatic carbocycles. The highest BCUT2D eigenvalue weighted by atomic mass is 127. The fourth-order valence-corrected chi connectivity index (χ4v) is 4.32. The van der Waals surface area contributed by atoms with Crippen LogP contribution in [0.4, 0.5) is 0 Å². The van der Waals surface area contributed by atoms with Gasteiger partial charge in [0.25, 0.3) is 0 Å². The van der Waals surface area contributed by atoms with Gasteiger partial charge < -0.3 is 15.2 Å². The molecule has 2 rings (SSSR count). The van der Waals surface area contributed by atoms with Crippen LogP contribution in [-0.4, -0.2) is 50.4 Å². The Hall–Kier alpha value is -0.710. The van der Waals surface area contributed by atoms with Crippen molar-refractivity contribution in [3.05, 3.63) is 11.7 Å². The summed E-state index contributed by atoms with van der Waals surface area (Å²) in [6.07, 6.45) is 4.88. The Balaban J connectivity index is 0.00000312. The Bertz CT molecular complexity index is 566. The molecule has 0 spiro atoms. The molecule has 3 atom stereocenters. The number of rotatable bonds is 7. The largest absolute Gasteiger partial charge is 0.357 e. The summed E-state index contributed by atoms with van der Waals surface area (Å²) in [4.78, 5) is 8.78. The molecule has 1 aromatic rings. The van der Waals surface area contributed by atoms with Gasteiger partial charge in [-0.2, -0.15) is 4.98 Å². The summed E-state index contributed by atoms with van der Waals surface area (Å²) in [5.41, 5.74) is 0. The maximum absolute atomic E-state index is 12.1. The van der Waals surface area contributed by atoms with E-state index in [0.717, 1.165) is 43.9 Å². The summed E-state index contributed by atoms with van der Waals surface area (Å²) in [5, 5.41) is 10.9. The molecular weight excluding hydrogens is 453 g/mol. The third-order valence-corrected chi connectivity index (χ3v) is 5.87. The maximum atomic E-state index is 12.1. The Kier molecular flexibility index (Phi) is 10.6. The van der Waals surface area contributed by atoms with Gasteiger partial charge in [-0.25, -0.2) is 0 Å². The van der Waals surface area contributed by atoms with Crippen LogP contribution in [0.5, 0.6) is 0 Å². The van der Waals surface area contributed by atoms with E-state index in [9.17, 15) is 4.21 Å². The van der Waals surface area contributed by atoms with Gasteiger partial charge in [0.2, 0.25) is 5.89 Å². The standard InChI is InChI=1S/C16H29N5O2S.HI/c1-4-17-16(18-10-9-15-19-12(3)21-23-15)20-13-7-6-8-14(11-13)24(22)5-2;/h13-14H,4-11H2,1-3H3,(H2,17,18,20);1H. The van der Waals surface area contributed by atoms with Gasteiger partial charge in [-0.3, -0.25) is 9.20 Å². The molecule has 0 aromatic carbocycles. The highest BCUT2D eigenvalue weighted by Crippen LogP contribution is 2.22. The molecule has 1 fully saturated rings. The molecule has 0 saturated heterocycles. The monoisotopic (exact) mass is 483 g/mol. The Labute approximate surface area is 169 Å². The van der Waals surface area contributed by atoms with Crippen molar-refractivity contribution in [3.8, 4) is 0 Å². The van der Waals surface area contributed by atoms with Gasteiger partial charge in [0, 0.05) is 40.8 Å². The SMILES string of the molecule is CCNC(=NCCc1nc(C)no1)NC1CCCC(S(=O)CC)C1.I. The van der Waals surface area contributed by atoms with Crippen LogP contribution in [-0.2, 0) is 17.2 Å². The van der Waals surface area contributed by atoms with Crippen molar-refractivity contribution in [2.24, 2.45) is 4.99 Å². The van der Waals surface area contributed by atoms with E-state index in [1.165, 1.54) is 0 Å². The molecular formula is C16H30IN5O2S. The lowest BCUT2D eigenvalue weighted by Crippen LogP contribution is -2.46. The average Bonchev–Trinajstić information content (AvgIpc) is 3.00. The van der Waals surface area contributed by atoms with Gasteiger partial charge in [0.05, 0.1) is 6.54 Å². The fourth-order valence-electron chi connectivity index (χ4n) is 2.97. The predicted molar refractivity (Wildman–Crippen MR) is 112 cm³/mol. The second-order valence-corrected chi connectivity index (χ2v) is 8.05. The lowest BCUT2D eigenvalue weighted by Gasteiger charge is -2.30. The first kappa shape index (κ1) is 22.3. The number of aryl methyl sites for hydroxylation is 1. The number of aromatic nitrogens is 2. The zero-order valence-electron chi connectivity index (χ0n) is 15.3. The molecule has 0 aliphatic heterocycles. The number of halogens is 1. The number of guanidine groups is 1. The van der Waals surface area contributed by atoms with E-state index in [1.807, 2.05) is 20.8 Å². The van der Waals surface area contributed by atoms with Gasteiger partial charge >= 0.3 is 0 Å². The Morgan fingerprint density at radius 2 is 2.20 bits per heavy atom. The molecule has 144 valence electrons. The second kappa shape index (κ2) is 11.8. The molecule has 0 bridgehead atoms. The average molecular weight is 483 g/mol. The molecule has 1 aromatic heterocycles. The van der Waals surface area contributed by atoms with Gasteiger partial charge in [-0.05, 0) is 33.1 Å². The minimum absolute atomic E-state index is 0. The van der Waals surface area contributed by atoms with Gasteiger partial charge in [0.15, 0.2) is 11.8 Å². The molecule has 25 heavy (non-hydrogen) atoms. The number of nitrogens with zero attached hydrogens (tertiary/aromatic N) is 3. The van der Waals surface area contributed by atoms with Crippen LogP contribution in [0.15, 0.2) is 9.52 Å². The number of hydrogen-bond acceptors (Lipinski definition) is 5. The first-order chi connectivity index (χ1) is 11.6. The molecule has 7 nitrogen and oxygen atoms in total. The fraction of sp³-hybridized carbons (Fsp3) is 0.812. The quantitative estimate of drug-likeness (QED) is 0.351. The lowest BCUT2D eigenvalue weighted by molar-refractivity contribution is 0.376. The second-order valence-electron chi connectivity index (χ2n) is 6.05. The smallest absolute Gasteiger partial charge is 0.228 e. The van der Waals surface area contributed by atoms with Gasteiger partial charge in [0.1, 0.15) is 0 Å². The first-order valence-corrected chi connectivity index (χ1v) is 10.2. The van der Waals surface area contributed by atoms with Crippen molar-refractivity contribution in [1.82, 2.24) is 20.8 Å². The van der Waals surface area contributed by atoms with E-state index in [0.29, 0.717) is 36.0 Å². The van der Waals surface area contributed by atoms with Crippen LogP contribution in [0, 0.1) is 6.92 Å². The lowest BCUT2D eigenvalue weighted by atomic mass is 9.95. The van der Waals surface area contributed by atoms with Gasteiger partial charge in [-0.1, -0.05) is 18.5 Å². The summed E-state index contributed by atoms with van der Waals surface area (Å²) in [6.45, 7) is 7.25. The maximum Gasteiger partial charge on any atom is 0.228 e. The molecule has 0 radical (unpaired) electrons. The number of nitrogens with one attached hydrogen (secondary N) is 2. The van der Waals surface area contributed by atoms with Crippen molar-refractivity contribution in [2.75, 3.05) is 18.8 Å². The molecule has 1 aliphatic rings. The van der Waals surface area contributed by atoms with E-state index >= 15 is 0 Å².